The van der Waals surface area contributed by atoms with Gasteiger partial charge in [-0.3, -0.25) is 0 Å². The van der Waals surface area contributed by atoms with Crippen LogP contribution in [0.4, 0.5) is 0 Å². The van der Waals surface area contributed by atoms with Crippen LogP contribution >= 0.6 is 11.6 Å². The zero-order chi connectivity index (χ0) is 14.6. The van der Waals surface area contributed by atoms with Crippen molar-refractivity contribution in [1.82, 2.24) is 5.32 Å². The number of nitrogens with one attached hydrogen (secondary N) is 1. The summed E-state index contributed by atoms with van der Waals surface area (Å²) in [6.45, 7) is 1.08. The molecule has 1 aliphatic carbocycles. The molecule has 0 spiro atoms. The second kappa shape index (κ2) is 6.78. The predicted octanol–water partition coefficient (Wildman–Crippen LogP) is 2.27. The van der Waals surface area contributed by atoms with Gasteiger partial charge >= 0.3 is 0 Å². The van der Waals surface area contributed by atoms with Crippen molar-refractivity contribution in [3.63, 3.8) is 0 Å². The summed E-state index contributed by atoms with van der Waals surface area (Å²) < 4.78 is 28.9. The second-order valence-corrected chi connectivity index (χ2v) is 7.81. The van der Waals surface area contributed by atoms with Crippen LogP contribution in [-0.4, -0.2) is 39.1 Å². The van der Waals surface area contributed by atoms with Gasteiger partial charge in [-0.05, 0) is 25.0 Å². The minimum atomic E-state index is -2.97. The number of sulfone groups is 1. The van der Waals surface area contributed by atoms with Gasteiger partial charge in [0.15, 0.2) is 9.84 Å². The Morgan fingerprint density at radius 2 is 2.10 bits per heavy atom. The lowest BCUT2D eigenvalue weighted by atomic mass is 10.2. The molecule has 0 aliphatic heterocycles. The molecule has 1 N–H and O–H groups in total. The summed E-state index contributed by atoms with van der Waals surface area (Å²) in [6.07, 6.45) is 3.93. The van der Waals surface area contributed by atoms with Gasteiger partial charge in [0.25, 0.3) is 0 Å². The molecule has 0 bridgehead atoms. The van der Waals surface area contributed by atoms with Crippen molar-refractivity contribution < 1.29 is 13.2 Å². The maximum atomic E-state index is 11.7. The zero-order valence-electron chi connectivity index (χ0n) is 11.5. The maximum Gasteiger partial charge on any atom is 0.151 e. The summed E-state index contributed by atoms with van der Waals surface area (Å²) in [5.74, 6) is 0.655. The van der Waals surface area contributed by atoms with E-state index in [2.05, 4.69) is 5.32 Å². The van der Waals surface area contributed by atoms with E-state index >= 15 is 0 Å². The second-order valence-electron chi connectivity index (χ2n) is 5.14. The number of rotatable bonds is 6. The fourth-order valence-corrected chi connectivity index (χ4v) is 4.25. The van der Waals surface area contributed by atoms with Gasteiger partial charge in [-0.2, -0.15) is 0 Å². The number of hydrogen-bond acceptors (Lipinski definition) is 4. The van der Waals surface area contributed by atoms with Crippen LogP contribution in [0.1, 0.15) is 19.3 Å². The van der Waals surface area contributed by atoms with Gasteiger partial charge in [0.1, 0.15) is 12.4 Å². The molecule has 0 aromatic heterocycles. The van der Waals surface area contributed by atoms with Crippen LogP contribution in [0.5, 0.6) is 5.75 Å². The molecule has 0 amide bonds. The largest absolute Gasteiger partial charge is 0.491 e. The van der Waals surface area contributed by atoms with Crippen LogP contribution < -0.4 is 10.1 Å². The summed E-state index contributed by atoms with van der Waals surface area (Å²) in [5, 5.41) is 3.60. The van der Waals surface area contributed by atoms with E-state index in [1.165, 1.54) is 6.26 Å². The molecule has 4 nitrogen and oxygen atoms in total. The SMILES string of the molecule is CS(=O)(=O)[C@@H]1CCC[C@H]1NCCOc1ccccc1Cl. The van der Waals surface area contributed by atoms with Crippen LogP contribution in [0.2, 0.25) is 5.02 Å². The van der Waals surface area contributed by atoms with Gasteiger partial charge in [-0.15, -0.1) is 0 Å². The quantitative estimate of drug-likeness (QED) is 0.818. The summed E-state index contributed by atoms with van der Waals surface area (Å²) in [4.78, 5) is 0. The minimum Gasteiger partial charge on any atom is -0.491 e. The third kappa shape index (κ3) is 4.11. The van der Waals surface area contributed by atoms with Crippen molar-refractivity contribution in [2.75, 3.05) is 19.4 Å². The number of ether oxygens (including phenoxy) is 1. The van der Waals surface area contributed by atoms with Gasteiger partial charge < -0.3 is 10.1 Å². The average Bonchev–Trinajstić information content (AvgIpc) is 2.85. The molecule has 0 unspecified atom stereocenters. The highest BCUT2D eigenvalue weighted by molar-refractivity contribution is 7.91. The third-order valence-corrected chi connectivity index (χ3v) is 5.58. The van der Waals surface area contributed by atoms with E-state index in [1.807, 2.05) is 18.2 Å². The normalized spacial score (nSPS) is 22.9. The molecule has 0 heterocycles. The van der Waals surface area contributed by atoms with Crippen molar-refractivity contribution in [3.8, 4) is 5.75 Å². The molecule has 2 rings (SSSR count). The van der Waals surface area contributed by atoms with E-state index in [-0.39, 0.29) is 11.3 Å². The Hall–Kier alpha value is -0.780. The Morgan fingerprint density at radius 3 is 2.80 bits per heavy atom. The Balaban J connectivity index is 1.78. The van der Waals surface area contributed by atoms with Crippen LogP contribution in [0, 0.1) is 0 Å². The Morgan fingerprint density at radius 1 is 1.35 bits per heavy atom. The van der Waals surface area contributed by atoms with E-state index in [4.69, 9.17) is 16.3 Å². The summed E-state index contributed by atoms with van der Waals surface area (Å²) >= 11 is 5.99. The Bertz CT molecular complexity index is 547. The molecule has 1 aromatic carbocycles. The smallest absolute Gasteiger partial charge is 0.151 e. The molecule has 1 aromatic rings. The van der Waals surface area contributed by atoms with Crippen molar-refractivity contribution in [1.29, 1.82) is 0 Å². The molecule has 0 saturated heterocycles. The fourth-order valence-electron chi connectivity index (χ4n) is 2.64. The van der Waals surface area contributed by atoms with Crippen molar-refractivity contribution in [2.24, 2.45) is 0 Å². The topological polar surface area (TPSA) is 55.4 Å². The lowest BCUT2D eigenvalue weighted by Gasteiger charge is -2.19. The molecule has 112 valence electrons. The van der Waals surface area contributed by atoms with Crippen LogP contribution in [-0.2, 0) is 9.84 Å². The lowest BCUT2D eigenvalue weighted by molar-refractivity contribution is 0.305. The van der Waals surface area contributed by atoms with Crippen molar-refractivity contribution in [2.45, 2.75) is 30.6 Å². The first-order valence-corrected chi connectivity index (χ1v) is 9.11. The van der Waals surface area contributed by atoms with Crippen molar-refractivity contribution >= 4 is 21.4 Å². The van der Waals surface area contributed by atoms with E-state index in [0.717, 1.165) is 19.3 Å². The number of para-hydroxylation sites is 1. The van der Waals surface area contributed by atoms with Crippen LogP contribution in [0.3, 0.4) is 0 Å². The molecule has 1 fully saturated rings. The first-order valence-electron chi connectivity index (χ1n) is 6.78. The standard InChI is InChI=1S/C14H20ClNO3S/c1-20(17,18)14-8-4-6-12(14)16-9-10-19-13-7-3-2-5-11(13)15/h2-3,5,7,12,14,16H,4,6,8-10H2,1H3/t12-,14-/m1/s1. The molecule has 6 heteroatoms. The first kappa shape index (κ1) is 15.6. The highest BCUT2D eigenvalue weighted by Gasteiger charge is 2.34. The summed E-state index contributed by atoms with van der Waals surface area (Å²) in [7, 11) is -2.97. The highest BCUT2D eigenvalue weighted by atomic mass is 35.5. The van der Waals surface area contributed by atoms with Gasteiger partial charge in [-0.25, -0.2) is 8.42 Å². The average molecular weight is 318 g/mol. The molecule has 1 saturated carbocycles. The van der Waals surface area contributed by atoms with Gasteiger partial charge in [0.05, 0.1) is 10.3 Å². The summed E-state index contributed by atoms with van der Waals surface area (Å²) in [5.41, 5.74) is 0. The maximum absolute atomic E-state index is 11.7. The van der Waals surface area contributed by atoms with E-state index < -0.39 is 9.84 Å². The molecule has 2 atom stereocenters. The van der Waals surface area contributed by atoms with Gasteiger partial charge in [-0.1, -0.05) is 30.2 Å². The highest BCUT2D eigenvalue weighted by Crippen LogP contribution is 2.25. The Kier molecular flexibility index (Phi) is 5.29. The van der Waals surface area contributed by atoms with Gasteiger partial charge in [0.2, 0.25) is 0 Å². The third-order valence-electron chi connectivity index (χ3n) is 3.61. The number of halogens is 1. The summed E-state index contributed by atoms with van der Waals surface area (Å²) in [6, 6.07) is 7.35. The number of benzene rings is 1. The van der Waals surface area contributed by atoms with E-state index in [1.54, 1.807) is 6.07 Å². The van der Waals surface area contributed by atoms with E-state index in [9.17, 15) is 8.42 Å². The predicted molar refractivity (Wildman–Crippen MR) is 81.2 cm³/mol. The molecule has 20 heavy (non-hydrogen) atoms. The molecule has 1 aliphatic rings. The molecular formula is C14H20ClNO3S. The molecular weight excluding hydrogens is 298 g/mol. The van der Waals surface area contributed by atoms with Crippen LogP contribution in [0.15, 0.2) is 24.3 Å². The monoisotopic (exact) mass is 317 g/mol. The first-order chi connectivity index (χ1) is 9.48. The van der Waals surface area contributed by atoms with Gasteiger partial charge in [0, 0.05) is 18.8 Å². The molecule has 0 radical (unpaired) electrons. The van der Waals surface area contributed by atoms with Crippen molar-refractivity contribution in [3.05, 3.63) is 29.3 Å². The Labute approximate surface area is 125 Å². The lowest BCUT2D eigenvalue weighted by Crippen LogP contribution is -2.41. The minimum absolute atomic E-state index is 0.0415. The van der Waals surface area contributed by atoms with E-state index in [0.29, 0.717) is 23.9 Å². The fraction of sp³-hybridized carbons (Fsp3) is 0.571. The van der Waals surface area contributed by atoms with Crippen LogP contribution in [0.25, 0.3) is 0 Å². The number of hydrogen-bond donors (Lipinski definition) is 1. The zero-order valence-corrected chi connectivity index (χ0v) is 13.1.